The summed E-state index contributed by atoms with van der Waals surface area (Å²) in [5.74, 6) is -0.134. The number of rotatable bonds is 5. The number of aryl methyl sites for hydroxylation is 1. The van der Waals surface area contributed by atoms with E-state index in [4.69, 9.17) is 27.6 Å². The number of amides is 3. The van der Waals surface area contributed by atoms with E-state index < -0.39 is 17.1 Å². The average Bonchev–Trinajstić information content (AvgIpc) is 3.31. The standard InChI is InChI=1S/C24H18Cl2N2O4S/c1-13-4-3-5-19(14(13)2)27-22(29)12-28-23(30)21(33-24(28)31)11-16-7-9-20(32-16)17-8-6-15(25)10-18(17)26/h3-11H,12H2,1-2H3,(H,27,29)/b21-11+. The second-order valence-corrected chi connectivity index (χ2v) is 9.23. The van der Waals surface area contributed by atoms with Gasteiger partial charge in [0.1, 0.15) is 18.1 Å². The molecule has 0 saturated carbocycles. The minimum atomic E-state index is -0.552. The predicted octanol–water partition coefficient (Wildman–Crippen LogP) is 6.55. The Morgan fingerprint density at radius 3 is 2.67 bits per heavy atom. The number of hydrogen-bond donors (Lipinski definition) is 1. The Hall–Kier alpha value is -3.00. The van der Waals surface area contributed by atoms with E-state index >= 15 is 0 Å². The van der Waals surface area contributed by atoms with Crippen LogP contribution in [0.5, 0.6) is 0 Å². The minimum Gasteiger partial charge on any atom is -0.457 e. The maximum absolute atomic E-state index is 12.8. The molecule has 6 nitrogen and oxygen atoms in total. The first-order valence-corrected chi connectivity index (χ1v) is 11.5. The van der Waals surface area contributed by atoms with E-state index in [1.807, 2.05) is 26.0 Å². The van der Waals surface area contributed by atoms with Crippen LogP contribution in [0.3, 0.4) is 0 Å². The van der Waals surface area contributed by atoms with Crippen LogP contribution in [-0.2, 0) is 9.59 Å². The molecule has 168 valence electrons. The molecule has 0 spiro atoms. The summed E-state index contributed by atoms with van der Waals surface area (Å²) in [5, 5.41) is 3.18. The molecule has 0 bridgehead atoms. The minimum absolute atomic E-state index is 0.169. The molecule has 0 atom stereocenters. The Morgan fingerprint density at radius 1 is 1.12 bits per heavy atom. The molecule has 2 aromatic carbocycles. The molecule has 3 amide bonds. The van der Waals surface area contributed by atoms with Crippen LogP contribution in [0.1, 0.15) is 16.9 Å². The highest BCUT2D eigenvalue weighted by molar-refractivity contribution is 8.18. The predicted molar refractivity (Wildman–Crippen MR) is 131 cm³/mol. The largest absolute Gasteiger partial charge is 0.457 e. The Labute approximate surface area is 204 Å². The number of benzene rings is 2. The van der Waals surface area contributed by atoms with Crippen LogP contribution < -0.4 is 5.32 Å². The quantitative estimate of drug-likeness (QED) is 0.402. The Kier molecular flexibility index (Phi) is 6.65. The van der Waals surface area contributed by atoms with Gasteiger partial charge in [-0.15, -0.1) is 0 Å². The maximum Gasteiger partial charge on any atom is 0.294 e. The second kappa shape index (κ2) is 9.47. The summed E-state index contributed by atoms with van der Waals surface area (Å²) in [6, 6.07) is 14.0. The van der Waals surface area contributed by atoms with Crippen LogP contribution in [0.25, 0.3) is 17.4 Å². The van der Waals surface area contributed by atoms with Gasteiger partial charge in [-0.05, 0) is 73.1 Å². The normalized spacial score (nSPS) is 14.9. The highest BCUT2D eigenvalue weighted by Crippen LogP contribution is 2.35. The third-order valence-electron chi connectivity index (χ3n) is 5.15. The van der Waals surface area contributed by atoms with Gasteiger partial charge in [-0.2, -0.15) is 0 Å². The van der Waals surface area contributed by atoms with Crippen molar-refractivity contribution < 1.29 is 18.8 Å². The molecular formula is C24H18Cl2N2O4S. The molecule has 0 aliphatic carbocycles. The second-order valence-electron chi connectivity index (χ2n) is 7.39. The van der Waals surface area contributed by atoms with Crippen LogP contribution in [0.15, 0.2) is 57.9 Å². The van der Waals surface area contributed by atoms with Gasteiger partial charge in [0.05, 0.1) is 9.93 Å². The van der Waals surface area contributed by atoms with Crippen molar-refractivity contribution in [3.8, 4) is 11.3 Å². The topological polar surface area (TPSA) is 79.6 Å². The third kappa shape index (κ3) is 5.00. The van der Waals surface area contributed by atoms with Crippen LogP contribution in [0, 0.1) is 13.8 Å². The molecule has 1 fully saturated rings. The molecule has 4 rings (SSSR count). The molecule has 0 unspecified atom stereocenters. The summed E-state index contributed by atoms with van der Waals surface area (Å²) in [6.07, 6.45) is 1.47. The van der Waals surface area contributed by atoms with Gasteiger partial charge in [0.15, 0.2) is 0 Å². The van der Waals surface area contributed by atoms with Crippen molar-refractivity contribution in [2.24, 2.45) is 0 Å². The van der Waals surface area contributed by atoms with E-state index in [2.05, 4.69) is 5.32 Å². The van der Waals surface area contributed by atoms with E-state index in [0.29, 0.717) is 32.8 Å². The smallest absolute Gasteiger partial charge is 0.294 e. The van der Waals surface area contributed by atoms with Gasteiger partial charge in [-0.3, -0.25) is 19.3 Å². The first kappa shape index (κ1) is 23.2. The SMILES string of the molecule is Cc1cccc(NC(=O)CN2C(=O)S/C(=C/c3ccc(-c4ccc(Cl)cc4Cl)o3)C2=O)c1C. The number of carbonyl (C=O) groups excluding carboxylic acids is 3. The van der Waals surface area contributed by atoms with Crippen molar-refractivity contribution in [1.82, 2.24) is 4.90 Å². The molecule has 1 saturated heterocycles. The van der Waals surface area contributed by atoms with E-state index in [9.17, 15) is 14.4 Å². The fourth-order valence-corrected chi connectivity index (χ4v) is 4.57. The highest BCUT2D eigenvalue weighted by Gasteiger charge is 2.36. The average molecular weight is 501 g/mol. The van der Waals surface area contributed by atoms with Crippen molar-refractivity contribution in [3.05, 3.63) is 80.4 Å². The van der Waals surface area contributed by atoms with Crippen molar-refractivity contribution in [2.75, 3.05) is 11.9 Å². The van der Waals surface area contributed by atoms with Crippen LogP contribution >= 0.6 is 35.0 Å². The Balaban J connectivity index is 1.47. The molecule has 0 radical (unpaired) electrons. The molecule has 33 heavy (non-hydrogen) atoms. The molecule has 9 heteroatoms. The Bertz CT molecular complexity index is 1320. The molecule has 3 aromatic rings. The number of furan rings is 1. The first-order chi connectivity index (χ1) is 15.7. The van der Waals surface area contributed by atoms with Gasteiger partial charge >= 0.3 is 0 Å². The lowest BCUT2D eigenvalue weighted by Crippen LogP contribution is -2.36. The third-order valence-corrected chi connectivity index (χ3v) is 6.61. The van der Waals surface area contributed by atoms with E-state index in [1.54, 1.807) is 36.4 Å². The van der Waals surface area contributed by atoms with Crippen LogP contribution in [0.4, 0.5) is 10.5 Å². The number of anilines is 1. The number of thioether (sulfide) groups is 1. The first-order valence-electron chi connectivity index (χ1n) is 9.89. The lowest BCUT2D eigenvalue weighted by molar-refractivity contribution is -0.127. The molecule has 1 aliphatic rings. The summed E-state index contributed by atoms with van der Waals surface area (Å²) >= 11 is 12.9. The Morgan fingerprint density at radius 2 is 1.91 bits per heavy atom. The van der Waals surface area contributed by atoms with Crippen molar-refractivity contribution in [1.29, 1.82) is 0 Å². The van der Waals surface area contributed by atoms with Crippen LogP contribution in [0.2, 0.25) is 10.0 Å². The number of hydrogen-bond acceptors (Lipinski definition) is 5. The van der Waals surface area contributed by atoms with Crippen molar-refractivity contribution in [2.45, 2.75) is 13.8 Å². The summed E-state index contributed by atoms with van der Waals surface area (Å²) in [6.45, 7) is 3.45. The summed E-state index contributed by atoms with van der Waals surface area (Å²) < 4.78 is 5.78. The van der Waals surface area contributed by atoms with E-state index in [-0.39, 0.29) is 11.4 Å². The van der Waals surface area contributed by atoms with Crippen molar-refractivity contribution in [3.63, 3.8) is 0 Å². The fourth-order valence-electron chi connectivity index (χ4n) is 3.25. The number of nitrogens with zero attached hydrogens (tertiary/aromatic N) is 1. The fraction of sp³-hybridized carbons (Fsp3) is 0.125. The summed E-state index contributed by atoms with van der Waals surface area (Å²) in [7, 11) is 0. The van der Waals surface area contributed by atoms with Crippen LogP contribution in [-0.4, -0.2) is 28.5 Å². The molecule has 1 aromatic heterocycles. The molecule has 1 aliphatic heterocycles. The lowest BCUT2D eigenvalue weighted by atomic mass is 10.1. The number of nitrogens with one attached hydrogen (secondary N) is 1. The van der Waals surface area contributed by atoms with E-state index in [0.717, 1.165) is 27.8 Å². The van der Waals surface area contributed by atoms with Gasteiger partial charge < -0.3 is 9.73 Å². The van der Waals surface area contributed by atoms with Gasteiger partial charge in [0, 0.05) is 22.3 Å². The molecule has 2 heterocycles. The zero-order valence-electron chi connectivity index (χ0n) is 17.6. The summed E-state index contributed by atoms with van der Waals surface area (Å²) in [5.41, 5.74) is 3.25. The lowest BCUT2D eigenvalue weighted by Gasteiger charge is -2.14. The van der Waals surface area contributed by atoms with Crippen molar-refractivity contribution >= 4 is 63.8 Å². The number of halogens is 2. The van der Waals surface area contributed by atoms with E-state index in [1.165, 1.54) is 6.08 Å². The maximum atomic E-state index is 12.8. The zero-order valence-corrected chi connectivity index (χ0v) is 20.0. The number of carbonyl (C=O) groups is 3. The van der Waals surface area contributed by atoms with Gasteiger partial charge in [-0.25, -0.2) is 0 Å². The van der Waals surface area contributed by atoms with Gasteiger partial charge in [0.2, 0.25) is 5.91 Å². The van der Waals surface area contributed by atoms with Gasteiger partial charge in [-0.1, -0.05) is 35.3 Å². The summed E-state index contributed by atoms with van der Waals surface area (Å²) in [4.78, 5) is 38.7. The highest BCUT2D eigenvalue weighted by atomic mass is 35.5. The number of imide groups is 1. The molecular weight excluding hydrogens is 483 g/mol. The van der Waals surface area contributed by atoms with Gasteiger partial charge in [0.25, 0.3) is 11.1 Å². The molecule has 1 N–H and O–H groups in total. The monoisotopic (exact) mass is 500 g/mol. The zero-order chi connectivity index (χ0) is 23.7.